The minimum Gasteiger partial charge on any atom is -0.378 e. The molecule has 3 unspecified atom stereocenters. The van der Waals surface area contributed by atoms with Crippen LogP contribution in [0.25, 0.3) is 0 Å². The normalized spacial score (nSPS) is 25.2. The van der Waals surface area contributed by atoms with Crippen molar-refractivity contribution in [3.05, 3.63) is 0 Å². The van der Waals surface area contributed by atoms with Crippen molar-refractivity contribution in [3.8, 4) is 0 Å². The first-order valence-corrected chi connectivity index (χ1v) is 9.82. The van der Waals surface area contributed by atoms with Crippen molar-refractivity contribution in [2.24, 2.45) is 10.4 Å². The molecule has 26 heavy (non-hydrogen) atoms. The first-order chi connectivity index (χ1) is 11.9. The predicted molar refractivity (Wildman–Crippen MR) is 117 cm³/mol. The Morgan fingerprint density at radius 3 is 2.50 bits per heavy atom. The van der Waals surface area contributed by atoms with Gasteiger partial charge in [-0.15, -0.1) is 24.0 Å². The van der Waals surface area contributed by atoms with Gasteiger partial charge in [-0.1, -0.05) is 19.8 Å². The molecule has 0 heterocycles. The fourth-order valence-corrected chi connectivity index (χ4v) is 4.01. The van der Waals surface area contributed by atoms with Gasteiger partial charge in [0.2, 0.25) is 5.91 Å². The summed E-state index contributed by atoms with van der Waals surface area (Å²) >= 11 is 0. The van der Waals surface area contributed by atoms with Crippen LogP contribution in [0.2, 0.25) is 0 Å². The van der Waals surface area contributed by atoms with Gasteiger partial charge in [0.1, 0.15) is 6.54 Å². The molecule has 3 atom stereocenters. The first-order valence-electron chi connectivity index (χ1n) is 9.82. The van der Waals surface area contributed by atoms with Gasteiger partial charge >= 0.3 is 0 Å². The Labute approximate surface area is 175 Å². The number of halogens is 1. The minimum absolute atomic E-state index is 0. The molecular weight excluding hydrogens is 443 g/mol. The lowest BCUT2D eigenvalue weighted by molar-refractivity contribution is -0.127. The molecule has 2 aliphatic rings. The Bertz CT molecular complexity index is 478. The maximum atomic E-state index is 11.9. The van der Waals surface area contributed by atoms with Gasteiger partial charge in [0.15, 0.2) is 5.96 Å². The molecule has 0 radical (unpaired) electrons. The highest BCUT2D eigenvalue weighted by molar-refractivity contribution is 14.0. The quantitative estimate of drug-likeness (QED) is 0.334. The number of hydrogen-bond donors (Lipinski definition) is 2. The van der Waals surface area contributed by atoms with Crippen molar-refractivity contribution in [2.75, 3.05) is 27.2 Å². The SMILES string of the molecule is CCOC1CC(NC(=NCC(=O)N(C)C)NC(C)CC)C12CCCC2.I. The first kappa shape index (κ1) is 23.5. The zero-order chi connectivity index (χ0) is 18.4. The lowest BCUT2D eigenvalue weighted by Gasteiger charge is -2.54. The fraction of sp³-hybridized carbons (Fsp3) is 0.895. The second-order valence-electron chi connectivity index (χ2n) is 7.72. The Kier molecular flexibility index (Phi) is 9.64. The largest absolute Gasteiger partial charge is 0.378 e. The van der Waals surface area contributed by atoms with E-state index < -0.39 is 0 Å². The van der Waals surface area contributed by atoms with E-state index in [4.69, 9.17) is 4.74 Å². The minimum atomic E-state index is 0. The van der Waals surface area contributed by atoms with Gasteiger partial charge in [-0.2, -0.15) is 0 Å². The van der Waals surface area contributed by atoms with Crippen molar-refractivity contribution < 1.29 is 9.53 Å². The summed E-state index contributed by atoms with van der Waals surface area (Å²) in [6, 6.07) is 0.708. The van der Waals surface area contributed by atoms with Crippen LogP contribution in [0.4, 0.5) is 0 Å². The van der Waals surface area contributed by atoms with Crippen LogP contribution in [-0.4, -0.2) is 62.2 Å². The van der Waals surface area contributed by atoms with Crippen molar-refractivity contribution in [3.63, 3.8) is 0 Å². The number of guanidine groups is 1. The van der Waals surface area contributed by atoms with Crippen molar-refractivity contribution in [2.45, 2.75) is 77.5 Å². The van der Waals surface area contributed by atoms with E-state index in [9.17, 15) is 4.79 Å². The van der Waals surface area contributed by atoms with E-state index in [1.54, 1.807) is 19.0 Å². The molecule has 0 saturated heterocycles. The van der Waals surface area contributed by atoms with Gasteiger partial charge in [0.25, 0.3) is 0 Å². The van der Waals surface area contributed by atoms with Crippen LogP contribution in [0.3, 0.4) is 0 Å². The van der Waals surface area contributed by atoms with Crippen molar-refractivity contribution in [1.29, 1.82) is 0 Å². The van der Waals surface area contributed by atoms with Gasteiger partial charge in [-0.05, 0) is 39.5 Å². The Morgan fingerprint density at radius 2 is 1.96 bits per heavy atom. The monoisotopic (exact) mass is 480 g/mol. The number of aliphatic imine (C=N–C) groups is 1. The lowest BCUT2D eigenvalue weighted by Crippen LogP contribution is -2.65. The Morgan fingerprint density at radius 1 is 1.31 bits per heavy atom. The molecular formula is C19H37IN4O2. The summed E-state index contributed by atoms with van der Waals surface area (Å²) in [5.41, 5.74) is 0.249. The van der Waals surface area contributed by atoms with Crippen LogP contribution in [0.5, 0.6) is 0 Å². The number of rotatable bonds is 7. The highest BCUT2D eigenvalue weighted by atomic mass is 127. The number of ether oxygens (including phenoxy) is 1. The zero-order valence-electron chi connectivity index (χ0n) is 17.0. The van der Waals surface area contributed by atoms with Gasteiger partial charge in [-0.3, -0.25) is 4.79 Å². The van der Waals surface area contributed by atoms with Crippen LogP contribution in [0.1, 0.15) is 59.3 Å². The van der Waals surface area contributed by atoms with Gasteiger partial charge < -0.3 is 20.3 Å². The van der Waals surface area contributed by atoms with Crippen LogP contribution in [0, 0.1) is 5.41 Å². The molecule has 0 bridgehead atoms. The molecule has 6 nitrogen and oxygen atoms in total. The molecule has 152 valence electrons. The van der Waals surface area contributed by atoms with Crippen LogP contribution >= 0.6 is 24.0 Å². The number of nitrogens with zero attached hydrogens (tertiary/aromatic N) is 2. The molecule has 2 saturated carbocycles. The molecule has 0 aliphatic heterocycles. The summed E-state index contributed by atoms with van der Waals surface area (Å²) in [5, 5.41) is 7.06. The number of hydrogen-bond acceptors (Lipinski definition) is 3. The van der Waals surface area contributed by atoms with Gasteiger partial charge in [0.05, 0.1) is 6.10 Å². The zero-order valence-corrected chi connectivity index (χ0v) is 19.3. The number of carbonyl (C=O) groups is 1. The number of nitrogens with one attached hydrogen (secondary N) is 2. The summed E-state index contributed by atoms with van der Waals surface area (Å²) < 4.78 is 6.00. The van der Waals surface area contributed by atoms with E-state index in [0.717, 1.165) is 25.4 Å². The molecule has 0 aromatic heterocycles. The number of carbonyl (C=O) groups excluding carboxylic acids is 1. The molecule has 1 spiro atoms. The topological polar surface area (TPSA) is 66.0 Å². The van der Waals surface area contributed by atoms with E-state index >= 15 is 0 Å². The fourth-order valence-electron chi connectivity index (χ4n) is 4.01. The molecule has 0 aromatic carbocycles. The highest BCUT2D eigenvalue weighted by Gasteiger charge is 2.57. The van der Waals surface area contributed by atoms with E-state index in [-0.39, 0.29) is 41.8 Å². The molecule has 2 rings (SSSR count). The Balaban J connectivity index is 0.00000338. The molecule has 2 aliphatic carbocycles. The smallest absolute Gasteiger partial charge is 0.243 e. The average Bonchev–Trinajstić information content (AvgIpc) is 3.10. The maximum absolute atomic E-state index is 11.9. The van der Waals surface area contributed by atoms with Crippen molar-refractivity contribution >= 4 is 35.8 Å². The molecule has 2 fully saturated rings. The van der Waals surface area contributed by atoms with Gasteiger partial charge in [-0.25, -0.2) is 4.99 Å². The van der Waals surface area contributed by atoms with E-state index in [1.165, 1.54) is 25.7 Å². The predicted octanol–water partition coefficient (Wildman–Crippen LogP) is 2.76. The van der Waals surface area contributed by atoms with E-state index in [2.05, 4.69) is 36.4 Å². The number of amides is 1. The third-order valence-corrected chi connectivity index (χ3v) is 5.86. The summed E-state index contributed by atoms with van der Waals surface area (Å²) in [6.45, 7) is 7.32. The average molecular weight is 480 g/mol. The van der Waals surface area contributed by atoms with Crippen LogP contribution in [-0.2, 0) is 9.53 Å². The molecule has 7 heteroatoms. The van der Waals surface area contributed by atoms with Crippen LogP contribution in [0.15, 0.2) is 4.99 Å². The lowest BCUT2D eigenvalue weighted by atomic mass is 9.60. The second-order valence-corrected chi connectivity index (χ2v) is 7.72. The second kappa shape index (κ2) is 10.7. The molecule has 0 aromatic rings. The van der Waals surface area contributed by atoms with Crippen LogP contribution < -0.4 is 10.6 Å². The van der Waals surface area contributed by atoms with Gasteiger partial charge in [0, 0.05) is 38.2 Å². The molecule has 1 amide bonds. The van der Waals surface area contributed by atoms with Crippen molar-refractivity contribution in [1.82, 2.24) is 15.5 Å². The third-order valence-electron chi connectivity index (χ3n) is 5.86. The third kappa shape index (κ3) is 5.47. The molecule has 2 N–H and O–H groups in total. The highest BCUT2D eigenvalue weighted by Crippen LogP contribution is 2.54. The summed E-state index contributed by atoms with van der Waals surface area (Å²) in [7, 11) is 3.53. The summed E-state index contributed by atoms with van der Waals surface area (Å²) in [4.78, 5) is 18.0. The number of likely N-dealkylation sites (N-methyl/N-ethyl adjacent to an activating group) is 1. The summed E-state index contributed by atoms with van der Waals surface area (Å²) in [6.07, 6.45) is 7.42. The summed E-state index contributed by atoms with van der Waals surface area (Å²) in [5.74, 6) is 0.775. The Hall–Kier alpha value is -0.570. The maximum Gasteiger partial charge on any atom is 0.243 e. The van der Waals surface area contributed by atoms with E-state index in [0.29, 0.717) is 18.2 Å². The van der Waals surface area contributed by atoms with E-state index in [1.807, 2.05) is 0 Å². The standard InChI is InChI=1S/C19H36N4O2.HI/c1-6-14(3)21-18(20-13-17(24)23(4)5)22-15-12-16(25-7-2)19(15)10-8-9-11-19;/h14-16H,6-13H2,1-5H3,(H2,20,21,22);1H.